The van der Waals surface area contributed by atoms with Crippen LogP contribution in [0.25, 0.3) is 11.0 Å². The molecule has 7 heteroatoms. The minimum Gasteiger partial charge on any atom is -0.295 e. The van der Waals surface area contributed by atoms with Crippen LogP contribution >= 0.6 is 0 Å². The average Bonchev–Trinajstić information content (AvgIpc) is 2.71. The molecule has 0 spiro atoms. The lowest BCUT2D eigenvalue weighted by atomic mass is 10.1. The Labute approximate surface area is 130 Å². The van der Waals surface area contributed by atoms with Crippen LogP contribution in [0, 0.1) is 12.3 Å². The Kier molecular flexibility index (Phi) is 3.71. The first-order chi connectivity index (χ1) is 10.0. The van der Waals surface area contributed by atoms with E-state index < -0.39 is 15.6 Å². The van der Waals surface area contributed by atoms with Crippen molar-refractivity contribution in [2.45, 2.75) is 24.3 Å². The summed E-state index contributed by atoms with van der Waals surface area (Å²) in [6.45, 7) is 3.31. The number of aryl methyl sites for hydroxylation is 2. The SMILES string of the molecule is C#CC(C)(C)N(C)S(=O)(=O)c1ccc2c(c1)n(C)c(=O)n2C. The van der Waals surface area contributed by atoms with Crippen LogP contribution in [-0.4, -0.2) is 34.4 Å². The molecule has 0 fully saturated rings. The number of aromatic nitrogens is 2. The number of imidazole rings is 1. The molecule has 0 atom stereocenters. The van der Waals surface area contributed by atoms with Crippen molar-refractivity contribution in [2.75, 3.05) is 7.05 Å². The highest BCUT2D eigenvalue weighted by molar-refractivity contribution is 7.89. The van der Waals surface area contributed by atoms with Crippen LogP contribution in [0.5, 0.6) is 0 Å². The average molecular weight is 321 g/mol. The fourth-order valence-corrected chi connectivity index (χ4v) is 3.67. The lowest BCUT2D eigenvalue weighted by Crippen LogP contribution is -2.43. The van der Waals surface area contributed by atoms with Gasteiger partial charge in [-0.05, 0) is 32.0 Å². The molecule has 118 valence electrons. The fraction of sp³-hybridized carbons (Fsp3) is 0.400. The molecule has 6 nitrogen and oxygen atoms in total. The third kappa shape index (κ3) is 2.25. The zero-order valence-corrected chi connectivity index (χ0v) is 14.1. The van der Waals surface area contributed by atoms with Gasteiger partial charge >= 0.3 is 5.69 Å². The third-order valence-corrected chi connectivity index (χ3v) is 6.07. The molecule has 0 amide bonds. The molecule has 0 saturated heterocycles. The van der Waals surface area contributed by atoms with Crippen LogP contribution in [0.3, 0.4) is 0 Å². The molecule has 0 N–H and O–H groups in total. The largest absolute Gasteiger partial charge is 0.328 e. The topological polar surface area (TPSA) is 64.3 Å². The zero-order valence-electron chi connectivity index (χ0n) is 13.3. The highest BCUT2D eigenvalue weighted by Crippen LogP contribution is 2.24. The Balaban J connectivity index is 2.68. The lowest BCUT2D eigenvalue weighted by molar-refractivity contribution is 0.340. The highest BCUT2D eigenvalue weighted by Gasteiger charge is 2.32. The van der Waals surface area contributed by atoms with Crippen molar-refractivity contribution in [1.29, 1.82) is 0 Å². The van der Waals surface area contributed by atoms with Gasteiger partial charge in [0.05, 0.1) is 21.5 Å². The van der Waals surface area contributed by atoms with Crippen LogP contribution in [-0.2, 0) is 24.1 Å². The number of terminal acetylenes is 1. The summed E-state index contributed by atoms with van der Waals surface area (Å²) in [7, 11) is 0.946. The summed E-state index contributed by atoms with van der Waals surface area (Å²) in [6, 6.07) is 4.61. The molecule has 1 heterocycles. The Bertz CT molecular complexity index is 943. The van der Waals surface area contributed by atoms with E-state index >= 15 is 0 Å². The zero-order chi connectivity index (χ0) is 16.9. The third-order valence-electron chi connectivity index (χ3n) is 4.04. The van der Waals surface area contributed by atoms with Crippen molar-refractivity contribution in [3.05, 3.63) is 28.7 Å². The second-order valence-corrected chi connectivity index (χ2v) is 7.70. The standard InChI is InChI=1S/C15H19N3O3S/c1-7-15(2,3)18(6)22(20,21)11-8-9-12-13(10-11)17(5)14(19)16(12)4/h1,8-10H,2-6H3. The van der Waals surface area contributed by atoms with Crippen molar-refractivity contribution < 1.29 is 8.42 Å². The fourth-order valence-electron chi connectivity index (χ4n) is 2.20. The van der Waals surface area contributed by atoms with Gasteiger partial charge in [0.15, 0.2) is 0 Å². The van der Waals surface area contributed by atoms with E-state index in [1.807, 2.05) is 0 Å². The molecule has 0 unspecified atom stereocenters. The normalized spacial score (nSPS) is 12.8. The minimum atomic E-state index is -3.75. The summed E-state index contributed by atoms with van der Waals surface area (Å²) in [5.74, 6) is 2.47. The number of rotatable bonds is 3. The molecule has 0 aliphatic carbocycles. The molecule has 0 saturated carbocycles. The summed E-state index contributed by atoms with van der Waals surface area (Å²) in [5.41, 5.74) is 0.0729. The van der Waals surface area contributed by atoms with Gasteiger partial charge in [-0.2, -0.15) is 4.31 Å². The summed E-state index contributed by atoms with van der Waals surface area (Å²) in [6.07, 6.45) is 5.41. The van der Waals surface area contributed by atoms with E-state index in [0.717, 1.165) is 4.31 Å². The molecular formula is C15H19N3O3S. The Morgan fingerprint density at radius 2 is 1.73 bits per heavy atom. The van der Waals surface area contributed by atoms with Crippen molar-refractivity contribution in [1.82, 2.24) is 13.4 Å². The van der Waals surface area contributed by atoms with E-state index in [1.54, 1.807) is 34.0 Å². The van der Waals surface area contributed by atoms with E-state index in [4.69, 9.17) is 6.42 Å². The van der Waals surface area contributed by atoms with E-state index in [0.29, 0.717) is 11.0 Å². The van der Waals surface area contributed by atoms with Crippen LogP contribution in [0.15, 0.2) is 27.9 Å². The molecule has 2 aromatic rings. The molecule has 2 rings (SSSR count). The molecule has 0 bridgehead atoms. The van der Waals surface area contributed by atoms with Gasteiger partial charge in [0.2, 0.25) is 10.0 Å². The van der Waals surface area contributed by atoms with Crippen molar-refractivity contribution in [3.63, 3.8) is 0 Å². The molecule has 0 aliphatic rings. The number of sulfonamides is 1. The molecule has 1 aromatic carbocycles. The van der Waals surface area contributed by atoms with Gasteiger partial charge in [-0.15, -0.1) is 6.42 Å². The second kappa shape index (κ2) is 5.00. The van der Waals surface area contributed by atoms with Gasteiger partial charge in [-0.1, -0.05) is 5.92 Å². The summed E-state index contributed by atoms with van der Waals surface area (Å²) in [5, 5.41) is 0. The Morgan fingerprint density at radius 1 is 1.18 bits per heavy atom. The van der Waals surface area contributed by atoms with Gasteiger partial charge in [-0.25, -0.2) is 13.2 Å². The number of nitrogens with zero attached hydrogens (tertiary/aromatic N) is 3. The predicted molar refractivity (Wildman–Crippen MR) is 86.0 cm³/mol. The molecule has 0 radical (unpaired) electrons. The monoisotopic (exact) mass is 321 g/mol. The lowest BCUT2D eigenvalue weighted by Gasteiger charge is -2.29. The highest BCUT2D eigenvalue weighted by atomic mass is 32.2. The maximum atomic E-state index is 12.7. The molecule has 0 aliphatic heterocycles. The number of hydrogen-bond donors (Lipinski definition) is 0. The quantitative estimate of drug-likeness (QED) is 0.789. The van der Waals surface area contributed by atoms with Gasteiger partial charge < -0.3 is 0 Å². The van der Waals surface area contributed by atoms with Gasteiger partial charge in [0.1, 0.15) is 0 Å². The van der Waals surface area contributed by atoms with E-state index in [-0.39, 0.29) is 10.6 Å². The minimum absolute atomic E-state index is 0.104. The Hall–Kier alpha value is -2.04. The van der Waals surface area contributed by atoms with Crippen molar-refractivity contribution in [3.8, 4) is 12.3 Å². The van der Waals surface area contributed by atoms with E-state index in [1.165, 1.54) is 28.3 Å². The maximum Gasteiger partial charge on any atom is 0.328 e. The predicted octanol–water partition coefficient (Wildman–Crippen LogP) is 0.909. The first-order valence-corrected chi connectivity index (χ1v) is 8.10. The number of hydrogen-bond acceptors (Lipinski definition) is 3. The van der Waals surface area contributed by atoms with Crippen molar-refractivity contribution >= 4 is 21.1 Å². The maximum absolute atomic E-state index is 12.7. The Morgan fingerprint density at radius 3 is 2.27 bits per heavy atom. The number of benzene rings is 1. The number of fused-ring (bicyclic) bond motifs is 1. The summed E-state index contributed by atoms with van der Waals surface area (Å²) in [4.78, 5) is 12.0. The van der Waals surface area contributed by atoms with Crippen LogP contribution < -0.4 is 5.69 Å². The van der Waals surface area contributed by atoms with E-state index in [9.17, 15) is 13.2 Å². The van der Waals surface area contributed by atoms with Crippen LogP contribution in [0.1, 0.15) is 13.8 Å². The van der Waals surface area contributed by atoms with Gasteiger partial charge in [0.25, 0.3) is 0 Å². The van der Waals surface area contributed by atoms with Gasteiger partial charge in [-0.3, -0.25) is 9.13 Å². The van der Waals surface area contributed by atoms with E-state index in [2.05, 4.69) is 5.92 Å². The molecule has 22 heavy (non-hydrogen) atoms. The van der Waals surface area contributed by atoms with Crippen molar-refractivity contribution in [2.24, 2.45) is 14.1 Å². The molecule has 1 aromatic heterocycles. The second-order valence-electron chi connectivity index (χ2n) is 5.73. The first-order valence-electron chi connectivity index (χ1n) is 6.66. The van der Waals surface area contributed by atoms with Gasteiger partial charge in [0, 0.05) is 21.1 Å². The summed E-state index contributed by atoms with van der Waals surface area (Å²) < 4.78 is 29.5. The van der Waals surface area contributed by atoms with Crippen LogP contribution in [0.4, 0.5) is 0 Å². The van der Waals surface area contributed by atoms with Crippen LogP contribution in [0.2, 0.25) is 0 Å². The first kappa shape index (κ1) is 16.3. The summed E-state index contributed by atoms with van der Waals surface area (Å²) >= 11 is 0. The molecular weight excluding hydrogens is 302 g/mol. The smallest absolute Gasteiger partial charge is 0.295 e.